The van der Waals surface area contributed by atoms with Crippen molar-refractivity contribution in [2.75, 3.05) is 29.2 Å². The van der Waals surface area contributed by atoms with Gasteiger partial charge in [0.15, 0.2) is 0 Å². The smallest absolute Gasteiger partial charge is 0.319 e. The van der Waals surface area contributed by atoms with Crippen LogP contribution in [-0.2, 0) is 6.54 Å². The summed E-state index contributed by atoms with van der Waals surface area (Å²) >= 11 is 0. The van der Waals surface area contributed by atoms with Crippen LogP contribution in [0.3, 0.4) is 0 Å². The van der Waals surface area contributed by atoms with Crippen LogP contribution in [0, 0.1) is 6.92 Å². The number of para-hydroxylation sites is 1. The standard InChI is InChI=1S/C21H31N7O/c1-14-13-24-21(26-19(14)27(2)3)25-16-8-10-17(11-9-16)28(20(23)29)18-7-5-4-6-15(18)12-22/h4-7,13,16-17H,8-12,22H2,1-3H3,(H2,23,29)(H,24,25,26)/t16-,17+. The van der Waals surface area contributed by atoms with E-state index in [9.17, 15) is 4.79 Å². The first-order valence-corrected chi connectivity index (χ1v) is 10.0. The molecular weight excluding hydrogens is 366 g/mol. The molecule has 2 aromatic rings. The Morgan fingerprint density at radius 1 is 1.21 bits per heavy atom. The van der Waals surface area contributed by atoms with Gasteiger partial charge in [0.05, 0.1) is 5.69 Å². The third kappa shape index (κ3) is 4.76. The number of aromatic nitrogens is 2. The lowest BCUT2D eigenvalue weighted by Crippen LogP contribution is -2.47. The van der Waals surface area contributed by atoms with Crippen molar-refractivity contribution in [1.29, 1.82) is 0 Å². The van der Waals surface area contributed by atoms with Gasteiger partial charge in [-0.05, 0) is 44.2 Å². The number of rotatable bonds is 6. The highest BCUT2D eigenvalue weighted by molar-refractivity contribution is 5.92. The van der Waals surface area contributed by atoms with Crippen molar-refractivity contribution >= 4 is 23.5 Å². The summed E-state index contributed by atoms with van der Waals surface area (Å²) < 4.78 is 0. The van der Waals surface area contributed by atoms with Crippen LogP contribution in [0.4, 0.5) is 22.2 Å². The fraction of sp³-hybridized carbons (Fsp3) is 0.476. The summed E-state index contributed by atoms with van der Waals surface area (Å²) in [4.78, 5) is 25.0. The van der Waals surface area contributed by atoms with Gasteiger partial charge >= 0.3 is 6.03 Å². The third-order valence-corrected chi connectivity index (χ3v) is 5.47. The van der Waals surface area contributed by atoms with Crippen molar-refractivity contribution in [2.45, 2.75) is 51.2 Å². The molecule has 1 aliphatic carbocycles. The lowest BCUT2D eigenvalue weighted by atomic mass is 9.89. The van der Waals surface area contributed by atoms with Crippen LogP contribution >= 0.6 is 0 Å². The molecule has 0 unspecified atom stereocenters. The molecule has 0 bridgehead atoms. The van der Waals surface area contributed by atoms with Crippen molar-refractivity contribution in [3.63, 3.8) is 0 Å². The van der Waals surface area contributed by atoms with Crippen LogP contribution in [-0.4, -0.2) is 42.2 Å². The summed E-state index contributed by atoms with van der Waals surface area (Å²) in [5.74, 6) is 1.55. The van der Waals surface area contributed by atoms with Gasteiger partial charge in [-0.15, -0.1) is 0 Å². The highest BCUT2D eigenvalue weighted by Crippen LogP contribution is 2.30. The Morgan fingerprint density at radius 2 is 1.90 bits per heavy atom. The maximum atomic E-state index is 12.2. The fourth-order valence-corrected chi connectivity index (χ4v) is 4.03. The van der Waals surface area contributed by atoms with Crippen LogP contribution in [0.15, 0.2) is 30.5 Å². The second-order valence-electron chi connectivity index (χ2n) is 7.79. The monoisotopic (exact) mass is 397 g/mol. The molecule has 1 aromatic heterocycles. The average Bonchev–Trinajstić information content (AvgIpc) is 2.71. The van der Waals surface area contributed by atoms with Crippen LogP contribution in [0.2, 0.25) is 0 Å². The van der Waals surface area contributed by atoms with Crippen LogP contribution in [0.25, 0.3) is 0 Å². The molecule has 3 rings (SSSR count). The Hall–Kier alpha value is -2.87. The van der Waals surface area contributed by atoms with Crippen molar-refractivity contribution in [1.82, 2.24) is 9.97 Å². The average molecular weight is 398 g/mol. The first-order chi connectivity index (χ1) is 13.9. The number of benzene rings is 1. The summed E-state index contributed by atoms with van der Waals surface area (Å²) in [6, 6.07) is 7.59. The Bertz CT molecular complexity index is 847. The number of hydrogen-bond donors (Lipinski definition) is 3. The Labute approximate surface area is 172 Å². The molecule has 1 saturated carbocycles. The number of primary amides is 1. The molecule has 8 heteroatoms. The predicted octanol–water partition coefficient (Wildman–Crippen LogP) is 2.62. The fourth-order valence-electron chi connectivity index (χ4n) is 4.03. The second-order valence-corrected chi connectivity index (χ2v) is 7.79. The molecule has 29 heavy (non-hydrogen) atoms. The zero-order chi connectivity index (χ0) is 21.0. The minimum Gasteiger partial charge on any atom is -0.362 e. The van der Waals surface area contributed by atoms with E-state index < -0.39 is 6.03 Å². The van der Waals surface area contributed by atoms with Crippen molar-refractivity contribution < 1.29 is 4.79 Å². The van der Waals surface area contributed by atoms with E-state index in [0.717, 1.165) is 48.3 Å². The largest absolute Gasteiger partial charge is 0.362 e. The topological polar surface area (TPSA) is 113 Å². The molecule has 1 fully saturated rings. The number of nitrogens with two attached hydrogens (primary N) is 2. The van der Waals surface area contributed by atoms with E-state index in [4.69, 9.17) is 11.5 Å². The van der Waals surface area contributed by atoms with Gasteiger partial charge in [0.2, 0.25) is 5.95 Å². The first-order valence-electron chi connectivity index (χ1n) is 10.0. The number of nitrogens with zero attached hydrogens (tertiary/aromatic N) is 4. The van der Waals surface area contributed by atoms with Crippen LogP contribution in [0.1, 0.15) is 36.8 Å². The molecule has 0 spiro atoms. The lowest BCUT2D eigenvalue weighted by molar-refractivity contribution is 0.248. The molecule has 0 saturated heterocycles. The van der Waals surface area contributed by atoms with Gasteiger partial charge in [-0.3, -0.25) is 4.90 Å². The van der Waals surface area contributed by atoms with Crippen molar-refractivity contribution in [2.24, 2.45) is 11.5 Å². The quantitative estimate of drug-likeness (QED) is 0.690. The number of carbonyl (C=O) groups excluding carboxylic acids is 1. The number of hydrogen-bond acceptors (Lipinski definition) is 6. The molecule has 8 nitrogen and oxygen atoms in total. The highest BCUT2D eigenvalue weighted by atomic mass is 16.2. The molecule has 156 valence electrons. The van der Waals surface area contributed by atoms with Gasteiger partial charge in [-0.2, -0.15) is 4.98 Å². The van der Waals surface area contributed by atoms with Crippen LogP contribution < -0.4 is 26.6 Å². The van der Waals surface area contributed by atoms with E-state index in [0.29, 0.717) is 12.5 Å². The number of amides is 2. The van der Waals surface area contributed by atoms with E-state index in [2.05, 4.69) is 15.3 Å². The van der Waals surface area contributed by atoms with Crippen molar-refractivity contribution in [3.05, 3.63) is 41.6 Å². The number of carbonyl (C=O) groups is 1. The number of nitrogens with one attached hydrogen (secondary N) is 1. The van der Waals surface area contributed by atoms with Gasteiger partial charge in [0.25, 0.3) is 0 Å². The SMILES string of the molecule is Cc1cnc(N[C@H]2CC[C@@H](N(C(N)=O)c3ccccc3CN)CC2)nc1N(C)C. The van der Waals surface area contributed by atoms with Gasteiger partial charge < -0.3 is 21.7 Å². The molecule has 0 radical (unpaired) electrons. The zero-order valence-electron chi connectivity index (χ0n) is 17.4. The van der Waals surface area contributed by atoms with E-state index in [-0.39, 0.29) is 12.1 Å². The lowest BCUT2D eigenvalue weighted by Gasteiger charge is -2.37. The molecule has 5 N–H and O–H groups in total. The van der Waals surface area contributed by atoms with E-state index in [1.807, 2.05) is 56.4 Å². The van der Waals surface area contributed by atoms with Crippen molar-refractivity contribution in [3.8, 4) is 0 Å². The molecule has 0 atom stereocenters. The van der Waals surface area contributed by atoms with E-state index in [1.54, 1.807) is 4.90 Å². The molecule has 1 aromatic carbocycles. The second kappa shape index (κ2) is 9.09. The van der Waals surface area contributed by atoms with Crippen LogP contribution in [0.5, 0.6) is 0 Å². The maximum Gasteiger partial charge on any atom is 0.319 e. The molecule has 2 amide bonds. The van der Waals surface area contributed by atoms with Gasteiger partial charge in [0.1, 0.15) is 5.82 Å². The third-order valence-electron chi connectivity index (χ3n) is 5.47. The predicted molar refractivity (Wildman–Crippen MR) is 117 cm³/mol. The summed E-state index contributed by atoms with van der Waals surface area (Å²) in [6.45, 7) is 2.37. The van der Waals surface area contributed by atoms with E-state index >= 15 is 0 Å². The normalized spacial score (nSPS) is 18.9. The first kappa shape index (κ1) is 20.9. The minimum atomic E-state index is -0.431. The van der Waals surface area contributed by atoms with E-state index in [1.165, 1.54) is 0 Å². The Balaban J connectivity index is 1.68. The Kier molecular flexibility index (Phi) is 6.53. The molecule has 0 aliphatic heterocycles. The maximum absolute atomic E-state index is 12.2. The molecule has 1 heterocycles. The highest BCUT2D eigenvalue weighted by Gasteiger charge is 2.30. The summed E-state index contributed by atoms with van der Waals surface area (Å²) in [5.41, 5.74) is 14.4. The van der Waals surface area contributed by atoms with Gasteiger partial charge in [-0.25, -0.2) is 9.78 Å². The Morgan fingerprint density at radius 3 is 2.52 bits per heavy atom. The molecule has 1 aliphatic rings. The zero-order valence-corrected chi connectivity index (χ0v) is 17.4. The minimum absolute atomic E-state index is 0.0644. The number of aryl methyl sites for hydroxylation is 1. The molecular formula is C21H31N7O. The number of anilines is 3. The van der Waals surface area contributed by atoms with Gasteiger partial charge in [0, 0.05) is 44.5 Å². The number of urea groups is 1. The van der Waals surface area contributed by atoms with Gasteiger partial charge in [-0.1, -0.05) is 18.2 Å². The summed E-state index contributed by atoms with van der Waals surface area (Å²) in [6.07, 6.45) is 5.37. The summed E-state index contributed by atoms with van der Waals surface area (Å²) in [7, 11) is 3.95. The summed E-state index contributed by atoms with van der Waals surface area (Å²) in [5, 5.41) is 3.45.